The van der Waals surface area contributed by atoms with Crippen molar-refractivity contribution in [1.82, 2.24) is 4.90 Å². The van der Waals surface area contributed by atoms with Gasteiger partial charge in [-0.2, -0.15) is 0 Å². The molecule has 0 saturated carbocycles. The summed E-state index contributed by atoms with van der Waals surface area (Å²) in [5.41, 5.74) is 4.74. The predicted molar refractivity (Wildman–Crippen MR) is 92.8 cm³/mol. The van der Waals surface area contributed by atoms with Crippen molar-refractivity contribution < 1.29 is 4.74 Å². The second kappa shape index (κ2) is 7.60. The summed E-state index contributed by atoms with van der Waals surface area (Å²) in [5, 5.41) is 0. The lowest BCUT2D eigenvalue weighted by Crippen LogP contribution is -2.42. The van der Waals surface area contributed by atoms with Crippen LogP contribution in [0.5, 0.6) is 0 Å². The van der Waals surface area contributed by atoms with Crippen LogP contribution in [0.3, 0.4) is 0 Å². The van der Waals surface area contributed by atoms with Gasteiger partial charge < -0.3 is 4.74 Å². The molecule has 1 aromatic carbocycles. The smallest absolute Gasteiger partial charge is 0.129 e. The molecule has 0 aromatic heterocycles. The molecule has 0 radical (unpaired) electrons. The summed E-state index contributed by atoms with van der Waals surface area (Å²) in [6.07, 6.45) is 4.41. The summed E-state index contributed by atoms with van der Waals surface area (Å²) < 4.78 is 5.45. The van der Waals surface area contributed by atoms with Gasteiger partial charge in [-0.15, -0.1) is 5.54 Å². The third-order valence-electron chi connectivity index (χ3n) is 3.30. The highest BCUT2D eigenvalue weighted by atomic mass is 28.3. The van der Waals surface area contributed by atoms with E-state index < -0.39 is 8.07 Å². The summed E-state index contributed by atoms with van der Waals surface area (Å²) >= 11 is 0. The number of nitrogens with zero attached hydrogens (tertiary/aromatic N) is 1. The normalized spacial score (nSPS) is 18.2. The maximum Gasteiger partial charge on any atom is 0.129 e. The summed E-state index contributed by atoms with van der Waals surface area (Å²) in [4.78, 5) is 2.41. The number of rotatable bonds is 3. The van der Waals surface area contributed by atoms with Crippen molar-refractivity contribution in [2.45, 2.75) is 25.7 Å². The van der Waals surface area contributed by atoms with E-state index in [0.29, 0.717) is 0 Å². The van der Waals surface area contributed by atoms with Crippen molar-refractivity contribution in [3.8, 4) is 11.5 Å². The van der Waals surface area contributed by atoms with Crippen LogP contribution in [0.15, 0.2) is 36.4 Å². The summed E-state index contributed by atoms with van der Waals surface area (Å²) in [5.74, 6) is 3.49. The summed E-state index contributed by atoms with van der Waals surface area (Å²) in [6.45, 7) is 10.4. The van der Waals surface area contributed by atoms with E-state index in [1.54, 1.807) is 0 Å². The zero-order chi connectivity index (χ0) is 15.1. The molecular weight excluding hydrogens is 274 g/mol. The molecule has 1 unspecified atom stereocenters. The first-order valence-corrected chi connectivity index (χ1v) is 11.1. The van der Waals surface area contributed by atoms with Crippen LogP contribution < -0.4 is 0 Å². The number of hydrogen-bond donors (Lipinski definition) is 0. The van der Waals surface area contributed by atoms with Crippen molar-refractivity contribution in [3.63, 3.8) is 0 Å². The van der Waals surface area contributed by atoms with Crippen molar-refractivity contribution >= 4 is 14.1 Å². The quantitative estimate of drug-likeness (QED) is 0.627. The first-order chi connectivity index (χ1) is 10.0. The summed E-state index contributed by atoms with van der Waals surface area (Å²) in [7, 11) is -1.34. The monoisotopic (exact) mass is 299 g/mol. The van der Waals surface area contributed by atoms with Gasteiger partial charge in [0.15, 0.2) is 0 Å². The molecule has 1 heterocycles. The Labute approximate surface area is 129 Å². The Morgan fingerprint density at radius 2 is 1.81 bits per heavy atom. The van der Waals surface area contributed by atoms with E-state index in [-0.39, 0.29) is 6.04 Å². The number of benzene rings is 1. The third kappa shape index (κ3) is 5.89. The highest BCUT2D eigenvalue weighted by molar-refractivity contribution is 6.83. The van der Waals surface area contributed by atoms with Crippen molar-refractivity contribution in [3.05, 3.63) is 42.0 Å². The molecule has 3 heteroatoms. The van der Waals surface area contributed by atoms with E-state index in [4.69, 9.17) is 4.74 Å². The van der Waals surface area contributed by atoms with Crippen LogP contribution in [0, 0.1) is 11.5 Å². The molecule has 1 fully saturated rings. The van der Waals surface area contributed by atoms with E-state index in [0.717, 1.165) is 26.3 Å². The Morgan fingerprint density at radius 3 is 2.43 bits per heavy atom. The van der Waals surface area contributed by atoms with Crippen LogP contribution in [0.2, 0.25) is 19.6 Å². The number of hydrogen-bond acceptors (Lipinski definition) is 2. The van der Waals surface area contributed by atoms with Gasteiger partial charge in [0, 0.05) is 13.1 Å². The Morgan fingerprint density at radius 1 is 1.14 bits per heavy atom. The van der Waals surface area contributed by atoms with Crippen LogP contribution in [-0.4, -0.2) is 45.3 Å². The molecule has 0 bridgehead atoms. The topological polar surface area (TPSA) is 12.5 Å². The van der Waals surface area contributed by atoms with Gasteiger partial charge in [0.1, 0.15) is 8.07 Å². The fraction of sp³-hybridized carbons (Fsp3) is 0.444. The van der Waals surface area contributed by atoms with Gasteiger partial charge >= 0.3 is 0 Å². The molecule has 21 heavy (non-hydrogen) atoms. The molecule has 1 atom stereocenters. The molecule has 2 nitrogen and oxygen atoms in total. The van der Waals surface area contributed by atoms with E-state index >= 15 is 0 Å². The van der Waals surface area contributed by atoms with Crippen LogP contribution in [0.1, 0.15) is 5.56 Å². The first-order valence-electron chi connectivity index (χ1n) is 7.62. The maximum atomic E-state index is 5.45. The van der Waals surface area contributed by atoms with Crippen molar-refractivity contribution in [2.24, 2.45) is 0 Å². The lowest BCUT2D eigenvalue weighted by molar-refractivity contribution is 0.0344. The average Bonchev–Trinajstić information content (AvgIpc) is 2.48. The predicted octanol–water partition coefficient (Wildman–Crippen LogP) is 3.28. The Kier molecular flexibility index (Phi) is 5.81. The Bertz CT molecular complexity index is 516. The van der Waals surface area contributed by atoms with Gasteiger partial charge in [-0.05, 0) is 5.56 Å². The average molecular weight is 299 g/mol. The number of morpholine rings is 1. The Hall–Kier alpha value is -1.34. The lowest BCUT2D eigenvalue weighted by atomic mass is 10.1. The molecule has 1 saturated heterocycles. The lowest BCUT2D eigenvalue weighted by Gasteiger charge is -2.30. The minimum atomic E-state index is -1.34. The highest BCUT2D eigenvalue weighted by Crippen LogP contribution is 2.09. The second-order valence-corrected chi connectivity index (χ2v) is 11.1. The van der Waals surface area contributed by atoms with Gasteiger partial charge in [-0.3, -0.25) is 4.90 Å². The molecule has 112 valence electrons. The molecule has 0 spiro atoms. The molecule has 1 aliphatic heterocycles. The highest BCUT2D eigenvalue weighted by Gasteiger charge is 2.17. The fourth-order valence-corrected chi connectivity index (χ4v) is 2.75. The van der Waals surface area contributed by atoms with Crippen LogP contribution >= 0.6 is 0 Å². The van der Waals surface area contributed by atoms with E-state index in [1.165, 1.54) is 5.56 Å². The van der Waals surface area contributed by atoms with Gasteiger partial charge in [0.2, 0.25) is 0 Å². The van der Waals surface area contributed by atoms with Crippen LogP contribution in [-0.2, 0) is 4.74 Å². The zero-order valence-electron chi connectivity index (χ0n) is 13.3. The summed E-state index contributed by atoms with van der Waals surface area (Å²) in [6, 6.07) is 10.6. The largest absolute Gasteiger partial charge is 0.379 e. The van der Waals surface area contributed by atoms with Gasteiger partial charge in [-0.25, -0.2) is 0 Å². The molecular formula is C18H25NOSi. The maximum absolute atomic E-state index is 5.45. The van der Waals surface area contributed by atoms with Gasteiger partial charge in [0.25, 0.3) is 0 Å². The first kappa shape index (κ1) is 16.0. The fourth-order valence-electron chi connectivity index (χ4n) is 2.17. The molecule has 1 aromatic rings. The molecule has 2 rings (SSSR count). The van der Waals surface area contributed by atoms with Crippen LogP contribution in [0.25, 0.3) is 6.08 Å². The van der Waals surface area contributed by atoms with E-state index in [9.17, 15) is 0 Å². The Balaban J connectivity index is 2.14. The van der Waals surface area contributed by atoms with E-state index in [1.807, 2.05) is 6.07 Å². The minimum absolute atomic E-state index is 0.195. The molecule has 1 aliphatic rings. The van der Waals surface area contributed by atoms with Crippen LogP contribution in [0.4, 0.5) is 0 Å². The molecule has 0 N–H and O–H groups in total. The van der Waals surface area contributed by atoms with Gasteiger partial charge in [0.05, 0.1) is 19.3 Å². The van der Waals surface area contributed by atoms with Crippen molar-refractivity contribution in [1.29, 1.82) is 0 Å². The number of ether oxygens (including phenoxy) is 1. The standard InChI is InChI=1S/C18H25NOSi/c1-21(2,3)16-11-18(19-12-14-20-15-13-19)10-9-17-7-5-4-6-8-17/h4-10,18H,12-15H2,1-3H3/b10-9+. The molecule has 0 aliphatic carbocycles. The minimum Gasteiger partial charge on any atom is -0.379 e. The van der Waals surface area contributed by atoms with Crippen molar-refractivity contribution in [2.75, 3.05) is 26.3 Å². The SMILES string of the molecule is C[Si](C)(C)C#CC(/C=C/c1ccccc1)N1CCOCC1. The zero-order valence-corrected chi connectivity index (χ0v) is 14.3. The molecule has 0 amide bonds. The van der Waals surface area contributed by atoms with E-state index in [2.05, 4.69) is 72.4 Å². The second-order valence-electron chi connectivity index (χ2n) is 6.38. The van der Waals surface area contributed by atoms with Gasteiger partial charge in [-0.1, -0.05) is 68.0 Å². The third-order valence-corrected chi connectivity index (χ3v) is 4.20.